The van der Waals surface area contributed by atoms with Crippen molar-refractivity contribution in [1.29, 1.82) is 0 Å². The fraction of sp³-hybridized carbons (Fsp3) is 0.923. The van der Waals surface area contributed by atoms with E-state index in [-0.39, 0.29) is 0 Å². The van der Waals surface area contributed by atoms with Crippen LogP contribution in [0.25, 0.3) is 0 Å². The predicted octanol–water partition coefficient (Wildman–Crippen LogP) is 4.56. The summed E-state index contributed by atoms with van der Waals surface area (Å²) in [5.41, 5.74) is 0. The maximum absolute atomic E-state index is 4.31. The van der Waals surface area contributed by atoms with E-state index < -0.39 is 0 Å². The zero-order valence-corrected chi connectivity index (χ0v) is 10.1. The molecule has 0 aromatic carbocycles. The largest absolute Gasteiger partial charge is 0.0654 e. The molecular formula is C13H27. The maximum Gasteiger partial charge on any atom is -0.0360 e. The summed E-state index contributed by atoms with van der Waals surface area (Å²) in [5.74, 6) is 2.97. The zero-order chi connectivity index (χ0) is 10.4. The first kappa shape index (κ1) is 13.0. The Morgan fingerprint density at radius 3 is 1.85 bits per heavy atom. The Kier molecular flexibility index (Phi) is 6.45. The molecule has 0 nitrogen and oxygen atoms in total. The molecule has 0 heteroatoms. The van der Waals surface area contributed by atoms with Crippen LogP contribution in [-0.2, 0) is 0 Å². The van der Waals surface area contributed by atoms with Gasteiger partial charge in [-0.2, -0.15) is 0 Å². The lowest BCUT2D eigenvalue weighted by molar-refractivity contribution is 0.221. The van der Waals surface area contributed by atoms with Gasteiger partial charge < -0.3 is 0 Å². The van der Waals surface area contributed by atoms with Gasteiger partial charge in [0.05, 0.1) is 0 Å². The quantitative estimate of drug-likeness (QED) is 0.566. The highest BCUT2D eigenvalue weighted by atomic mass is 14.3. The Morgan fingerprint density at radius 1 is 1.00 bits per heavy atom. The number of unbranched alkanes of at least 4 members (excludes halogenated alkanes) is 1. The fourth-order valence-corrected chi connectivity index (χ4v) is 1.98. The van der Waals surface area contributed by atoms with Gasteiger partial charge in [0.25, 0.3) is 0 Å². The topological polar surface area (TPSA) is 0 Å². The van der Waals surface area contributed by atoms with Gasteiger partial charge in [-0.3, -0.25) is 0 Å². The van der Waals surface area contributed by atoms with Gasteiger partial charge in [0, 0.05) is 0 Å². The summed E-state index contributed by atoms with van der Waals surface area (Å²) in [6.07, 6.45) is 4.04. The third kappa shape index (κ3) is 4.69. The van der Waals surface area contributed by atoms with Crippen LogP contribution in [0.15, 0.2) is 0 Å². The molecule has 2 unspecified atom stereocenters. The Balaban J connectivity index is 4.07. The lowest BCUT2D eigenvalue weighted by Crippen LogP contribution is -2.22. The maximum atomic E-state index is 4.31. The summed E-state index contributed by atoms with van der Waals surface area (Å²) >= 11 is 0. The van der Waals surface area contributed by atoms with E-state index in [0.717, 1.165) is 17.8 Å². The van der Waals surface area contributed by atoms with Gasteiger partial charge in [0.1, 0.15) is 0 Å². The Labute approximate surface area is 85.1 Å². The molecule has 0 rings (SSSR count). The molecule has 0 aromatic rings. The normalized spacial score (nSPS) is 16.6. The number of rotatable bonds is 6. The van der Waals surface area contributed by atoms with E-state index in [0.29, 0.717) is 5.92 Å². The van der Waals surface area contributed by atoms with Crippen LogP contribution >= 0.6 is 0 Å². The van der Waals surface area contributed by atoms with Crippen molar-refractivity contribution in [2.45, 2.75) is 53.9 Å². The van der Waals surface area contributed by atoms with Gasteiger partial charge in [0.2, 0.25) is 0 Å². The molecule has 2 atom stereocenters. The van der Waals surface area contributed by atoms with Crippen molar-refractivity contribution >= 4 is 0 Å². The Hall–Kier alpha value is 0. The molecule has 79 valence electrons. The third-order valence-corrected chi connectivity index (χ3v) is 3.15. The van der Waals surface area contributed by atoms with Crippen LogP contribution in [0.1, 0.15) is 53.9 Å². The third-order valence-electron chi connectivity index (χ3n) is 3.15. The minimum Gasteiger partial charge on any atom is -0.0654 e. The van der Waals surface area contributed by atoms with Crippen molar-refractivity contribution < 1.29 is 0 Å². The molecule has 13 heavy (non-hydrogen) atoms. The molecule has 0 saturated carbocycles. The molecule has 0 heterocycles. The van der Waals surface area contributed by atoms with Crippen molar-refractivity contribution in [2.24, 2.45) is 23.7 Å². The van der Waals surface area contributed by atoms with E-state index >= 15 is 0 Å². The fourth-order valence-electron chi connectivity index (χ4n) is 1.98. The van der Waals surface area contributed by atoms with E-state index in [1.165, 1.54) is 19.3 Å². The highest BCUT2D eigenvalue weighted by Crippen LogP contribution is 2.30. The van der Waals surface area contributed by atoms with Crippen molar-refractivity contribution in [3.8, 4) is 0 Å². The predicted molar refractivity (Wildman–Crippen MR) is 61.5 cm³/mol. The average molecular weight is 183 g/mol. The van der Waals surface area contributed by atoms with E-state index in [4.69, 9.17) is 0 Å². The minimum atomic E-state index is 0.631. The molecule has 0 bridgehead atoms. The minimum absolute atomic E-state index is 0.631. The molecule has 0 N–H and O–H groups in total. The lowest BCUT2D eigenvalue weighted by atomic mass is 9.76. The summed E-state index contributed by atoms with van der Waals surface area (Å²) in [7, 11) is 0. The van der Waals surface area contributed by atoms with Crippen molar-refractivity contribution in [3.63, 3.8) is 0 Å². The Bertz CT molecular complexity index is 113. The van der Waals surface area contributed by atoms with Crippen molar-refractivity contribution in [3.05, 3.63) is 6.92 Å². The smallest absolute Gasteiger partial charge is 0.0360 e. The zero-order valence-electron chi connectivity index (χ0n) is 10.1. The van der Waals surface area contributed by atoms with E-state index in [1.54, 1.807) is 0 Å². The van der Waals surface area contributed by atoms with Crippen LogP contribution < -0.4 is 0 Å². The van der Waals surface area contributed by atoms with Crippen LogP contribution in [0.4, 0.5) is 0 Å². The van der Waals surface area contributed by atoms with Gasteiger partial charge in [-0.05, 0) is 37.0 Å². The van der Waals surface area contributed by atoms with Crippen LogP contribution in [-0.4, -0.2) is 0 Å². The summed E-state index contributed by atoms with van der Waals surface area (Å²) in [5, 5.41) is 0. The van der Waals surface area contributed by atoms with E-state index in [1.807, 2.05) is 0 Å². The second-order valence-corrected chi connectivity index (χ2v) is 4.96. The Morgan fingerprint density at radius 2 is 1.54 bits per heavy atom. The van der Waals surface area contributed by atoms with Gasteiger partial charge in [-0.25, -0.2) is 0 Å². The molecule has 0 amide bonds. The summed E-state index contributed by atoms with van der Waals surface area (Å²) in [6.45, 7) is 15.8. The monoisotopic (exact) mass is 183 g/mol. The molecular weight excluding hydrogens is 156 g/mol. The number of hydrogen-bond donors (Lipinski definition) is 0. The second kappa shape index (κ2) is 6.45. The molecule has 0 aromatic heterocycles. The first-order chi connectivity index (χ1) is 6.00. The molecule has 0 spiro atoms. The van der Waals surface area contributed by atoms with Gasteiger partial charge >= 0.3 is 0 Å². The number of hydrogen-bond acceptors (Lipinski definition) is 0. The average Bonchev–Trinajstić information content (AvgIpc) is 2.04. The molecule has 0 aliphatic rings. The van der Waals surface area contributed by atoms with Crippen molar-refractivity contribution in [2.75, 3.05) is 0 Å². The van der Waals surface area contributed by atoms with Gasteiger partial charge in [0.15, 0.2) is 0 Å². The highest BCUT2D eigenvalue weighted by molar-refractivity contribution is 4.76. The van der Waals surface area contributed by atoms with Gasteiger partial charge in [-0.15, -0.1) is 0 Å². The van der Waals surface area contributed by atoms with Crippen LogP contribution in [0.5, 0.6) is 0 Å². The standard InChI is InChI=1S/C13H27/c1-7-8-9-13(11(4)5)12(6)10(2)3/h10-13H,6-9H2,1-5H3. The van der Waals surface area contributed by atoms with Crippen molar-refractivity contribution in [1.82, 2.24) is 0 Å². The highest BCUT2D eigenvalue weighted by Gasteiger charge is 2.22. The first-order valence-electron chi connectivity index (χ1n) is 5.83. The van der Waals surface area contributed by atoms with Crippen LogP contribution in [0.2, 0.25) is 0 Å². The lowest BCUT2D eigenvalue weighted by Gasteiger charge is -2.30. The second-order valence-electron chi connectivity index (χ2n) is 4.96. The molecule has 0 saturated heterocycles. The molecule has 1 radical (unpaired) electrons. The molecule has 0 aliphatic heterocycles. The molecule has 0 fully saturated rings. The van der Waals surface area contributed by atoms with E-state index in [2.05, 4.69) is 41.5 Å². The SMILES string of the molecule is [CH2]C(C(C)C)C(CCCC)C(C)C. The van der Waals surface area contributed by atoms with Gasteiger partial charge in [-0.1, -0.05) is 47.5 Å². The van der Waals surface area contributed by atoms with E-state index in [9.17, 15) is 0 Å². The summed E-state index contributed by atoms with van der Waals surface area (Å²) in [4.78, 5) is 0. The van der Waals surface area contributed by atoms with Crippen LogP contribution in [0.3, 0.4) is 0 Å². The molecule has 0 aliphatic carbocycles. The summed E-state index contributed by atoms with van der Waals surface area (Å²) < 4.78 is 0. The first-order valence-corrected chi connectivity index (χ1v) is 5.83. The van der Waals surface area contributed by atoms with Crippen LogP contribution in [0, 0.1) is 30.6 Å². The summed E-state index contributed by atoms with van der Waals surface area (Å²) in [6, 6.07) is 0.